The first-order chi connectivity index (χ1) is 13.8. The summed E-state index contributed by atoms with van der Waals surface area (Å²) in [6.45, 7) is 12.5. The van der Waals surface area contributed by atoms with Crippen LogP contribution in [-0.4, -0.2) is 24.6 Å². The summed E-state index contributed by atoms with van der Waals surface area (Å²) in [5.41, 5.74) is 1.81. The van der Waals surface area contributed by atoms with Crippen molar-refractivity contribution < 1.29 is 19.0 Å². The Morgan fingerprint density at radius 1 is 0.897 bits per heavy atom. The minimum atomic E-state index is -0.0651. The van der Waals surface area contributed by atoms with E-state index in [0.717, 1.165) is 29.9 Å². The Kier molecular flexibility index (Phi) is 8.56. The number of aryl methyl sites for hydroxylation is 1. The third-order valence-corrected chi connectivity index (χ3v) is 4.56. The van der Waals surface area contributed by atoms with Gasteiger partial charge in [0.1, 0.15) is 17.2 Å². The van der Waals surface area contributed by atoms with Gasteiger partial charge in [0, 0.05) is 12.3 Å². The first-order valence-electron chi connectivity index (χ1n) is 10.5. The molecule has 0 aromatic heterocycles. The summed E-state index contributed by atoms with van der Waals surface area (Å²) >= 11 is 0. The Bertz CT molecular complexity index is 778. The second-order valence-electron chi connectivity index (χ2n) is 7.91. The first-order valence-corrected chi connectivity index (χ1v) is 10.5. The van der Waals surface area contributed by atoms with Gasteiger partial charge in [0.25, 0.3) is 0 Å². The maximum absolute atomic E-state index is 12.6. The fraction of sp³-hybridized carbons (Fsp3) is 0.480. The molecule has 4 heteroatoms. The van der Waals surface area contributed by atoms with Gasteiger partial charge in [-0.15, -0.1) is 0 Å². The average Bonchev–Trinajstić information content (AvgIpc) is 2.68. The molecule has 0 aliphatic rings. The molecule has 0 heterocycles. The van der Waals surface area contributed by atoms with E-state index in [2.05, 4.69) is 6.92 Å². The van der Waals surface area contributed by atoms with E-state index in [1.165, 1.54) is 0 Å². The molecule has 0 N–H and O–H groups in total. The topological polar surface area (TPSA) is 44.8 Å². The van der Waals surface area contributed by atoms with Crippen molar-refractivity contribution in [2.75, 3.05) is 6.61 Å². The van der Waals surface area contributed by atoms with Crippen LogP contribution in [0.25, 0.3) is 0 Å². The van der Waals surface area contributed by atoms with Crippen molar-refractivity contribution in [3.05, 3.63) is 53.6 Å². The molecule has 29 heavy (non-hydrogen) atoms. The molecule has 2 aromatic carbocycles. The molecular formula is C25H34O4. The highest BCUT2D eigenvalue weighted by atomic mass is 16.5. The van der Waals surface area contributed by atoms with E-state index in [1.54, 1.807) is 0 Å². The largest absolute Gasteiger partial charge is 0.493 e. The Hall–Kier alpha value is -2.49. The van der Waals surface area contributed by atoms with E-state index in [-0.39, 0.29) is 23.9 Å². The molecule has 0 aliphatic carbocycles. The Morgan fingerprint density at radius 2 is 1.55 bits per heavy atom. The molecule has 0 aliphatic heterocycles. The SMILES string of the molecule is CCc1ccc(OC(C)CCOc2ccc(OC(C)C)cc2)c(C(=O)C(C)C)c1. The lowest BCUT2D eigenvalue weighted by Crippen LogP contribution is -2.18. The third-order valence-electron chi connectivity index (χ3n) is 4.56. The summed E-state index contributed by atoms with van der Waals surface area (Å²) in [6.07, 6.45) is 1.70. The lowest BCUT2D eigenvalue weighted by atomic mass is 9.97. The maximum Gasteiger partial charge on any atom is 0.169 e. The van der Waals surface area contributed by atoms with Gasteiger partial charge in [-0.1, -0.05) is 26.8 Å². The van der Waals surface area contributed by atoms with Crippen molar-refractivity contribution in [2.45, 2.75) is 66.6 Å². The van der Waals surface area contributed by atoms with Crippen molar-refractivity contribution in [3.63, 3.8) is 0 Å². The van der Waals surface area contributed by atoms with Crippen LogP contribution in [0.5, 0.6) is 17.2 Å². The monoisotopic (exact) mass is 398 g/mol. The van der Waals surface area contributed by atoms with Gasteiger partial charge >= 0.3 is 0 Å². The molecule has 0 amide bonds. The van der Waals surface area contributed by atoms with Crippen LogP contribution in [0.1, 0.15) is 63.9 Å². The zero-order valence-corrected chi connectivity index (χ0v) is 18.5. The molecule has 1 atom stereocenters. The van der Waals surface area contributed by atoms with Gasteiger partial charge in [-0.25, -0.2) is 0 Å². The van der Waals surface area contributed by atoms with Gasteiger partial charge in [0.15, 0.2) is 5.78 Å². The summed E-state index contributed by atoms with van der Waals surface area (Å²) < 4.78 is 17.6. The predicted octanol–water partition coefficient (Wildman–Crippen LogP) is 6.11. The third kappa shape index (κ3) is 7.12. The summed E-state index contributed by atoms with van der Waals surface area (Å²) in [5.74, 6) is 2.34. The van der Waals surface area contributed by atoms with Crippen LogP contribution in [0.2, 0.25) is 0 Å². The fourth-order valence-electron chi connectivity index (χ4n) is 2.91. The fourth-order valence-corrected chi connectivity index (χ4v) is 2.91. The first kappa shape index (κ1) is 22.8. The van der Waals surface area contributed by atoms with Crippen molar-refractivity contribution in [3.8, 4) is 17.2 Å². The van der Waals surface area contributed by atoms with Gasteiger partial charge in [-0.2, -0.15) is 0 Å². The molecule has 2 aromatic rings. The normalized spacial score (nSPS) is 12.1. The number of benzene rings is 2. The van der Waals surface area contributed by atoms with Crippen LogP contribution < -0.4 is 14.2 Å². The Labute approximate surface area is 175 Å². The smallest absolute Gasteiger partial charge is 0.169 e. The quantitative estimate of drug-likeness (QED) is 0.428. The van der Waals surface area contributed by atoms with E-state index < -0.39 is 0 Å². The van der Waals surface area contributed by atoms with Gasteiger partial charge < -0.3 is 14.2 Å². The molecule has 2 rings (SSSR count). The Balaban J connectivity index is 1.92. The van der Waals surface area contributed by atoms with Crippen molar-refractivity contribution in [1.29, 1.82) is 0 Å². The molecule has 0 saturated carbocycles. The lowest BCUT2D eigenvalue weighted by molar-refractivity contribution is 0.0931. The number of carbonyl (C=O) groups excluding carboxylic acids is 1. The van der Waals surface area contributed by atoms with Crippen molar-refractivity contribution >= 4 is 5.78 Å². The number of ether oxygens (including phenoxy) is 3. The molecule has 0 saturated heterocycles. The van der Waals surface area contributed by atoms with Crippen LogP contribution in [0.15, 0.2) is 42.5 Å². The standard InChI is InChI=1S/C25H34O4/c1-7-20-8-13-24(23(16-20)25(26)17(2)3)29-19(6)14-15-27-21-9-11-22(12-10-21)28-18(4)5/h8-13,16-19H,7,14-15H2,1-6H3. The van der Waals surface area contributed by atoms with E-state index in [4.69, 9.17) is 14.2 Å². The van der Waals surface area contributed by atoms with Crippen molar-refractivity contribution in [1.82, 2.24) is 0 Å². The van der Waals surface area contributed by atoms with Crippen LogP contribution in [0.3, 0.4) is 0 Å². The van der Waals surface area contributed by atoms with E-state index in [1.807, 2.05) is 77.1 Å². The van der Waals surface area contributed by atoms with Gasteiger partial charge in [-0.3, -0.25) is 4.79 Å². The molecular weight excluding hydrogens is 364 g/mol. The summed E-state index contributed by atoms with van der Waals surface area (Å²) in [6, 6.07) is 13.5. The van der Waals surface area contributed by atoms with Gasteiger partial charge in [-0.05, 0) is 69.2 Å². The van der Waals surface area contributed by atoms with Gasteiger partial charge in [0.2, 0.25) is 0 Å². The molecule has 0 bridgehead atoms. The zero-order valence-electron chi connectivity index (χ0n) is 18.5. The number of hydrogen-bond acceptors (Lipinski definition) is 4. The van der Waals surface area contributed by atoms with Gasteiger partial charge in [0.05, 0.1) is 24.4 Å². The molecule has 158 valence electrons. The lowest BCUT2D eigenvalue weighted by Gasteiger charge is -2.19. The highest BCUT2D eigenvalue weighted by Crippen LogP contribution is 2.25. The van der Waals surface area contributed by atoms with Crippen LogP contribution in [0.4, 0.5) is 0 Å². The van der Waals surface area contributed by atoms with E-state index >= 15 is 0 Å². The number of rotatable bonds is 11. The highest BCUT2D eigenvalue weighted by molar-refractivity contribution is 6.00. The average molecular weight is 399 g/mol. The van der Waals surface area contributed by atoms with Crippen LogP contribution in [-0.2, 0) is 6.42 Å². The van der Waals surface area contributed by atoms with Crippen LogP contribution in [0, 0.1) is 5.92 Å². The minimum absolute atomic E-state index is 0.0641. The second kappa shape index (κ2) is 10.9. The summed E-state index contributed by atoms with van der Waals surface area (Å²) in [5, 5.41) is 0. The molecule has 0 fully saturated rings. The summed E-state index contributed by atoms with van der Waals surface area (Å²) in [4.78, 5) is 12.6. The molecule has 0 radical (unpaired) electrons. The molecule has 1 unspecified atom stereocenters. The second-order valence-corrected chi connectivity index (χ2v) is 7.91. The summed E-state index contributed by atoms with van der Waals surface area (Å²) in [7, 11) is 0. The molecule has 4 nitrogen and oxygen atoms in total. The van der Waals surface area contributed by atoms with E-state index in [0.29, 0.717) is 17.9 Å². The number of Topliss-reactive ketones (excluding diaryl/α,β-unsaturated/α-hetero) is 1. The van der Waals surface area contributed by atoms with Crippen molar-refractivity contribution in [2.24, 2.45) is 5.92 Å². The minimum Gasteiger partial charge on any atom is -0.493 e. The predicted molar refractivity (Wildman–Crippen MR) is 117 cm³/mol. The molecule has 0 spiro atoms. The van der Waals surface area contributed by atoms with E-state index in [9.17, 15) is 4.79 Å². The maximum atomic E-state index is 12.6. The van der Waals surface area contributed by atoms with Crippen LogP contribution >= 0.6 is 0 Å². The zero-order chi connectivity index (χ0) is 21.4. The Morgan fingerprint density at radius 3 is 2.14 bits per heavy atom. The number of hydrogen-bond donors (Lipinski definition) is 0. The highest BCUT2D eigenvalue weighted by Gasteiger charge is 2.18. The number of carbonyl (C=O) groups is 1. The number of ketones is 1.